The molecule has 5 rings (SSSR count). The zero-order valence-corrected chi connectivity index (χ0v) is 18.6. The lowest BCUT2D eigenvalue weighted by Gasteiger charge is -2.27. The minimum Gasteiger partial charge on any atom is -0.493 e. The fraction of sp³-hybridized carbons (Fsp3) is 0.458. The van der Waals surface area contributed by atoms with E-state index in [9.17, 15) is 4.79 Å². The molecular weight excluding hydrogens is 404 g/mol. The number of carbonyl (C=O) groups excluding carboxylic acids is 1. The van der Waals surface area contributed by atoms with Crippen LogP contribution in [0.1, 0.15) is 50.9 Å². The molecule has 3 fully saturated rings. The van der Waals surface area contributed by atoms with Crippen molar-refractivity contribution >= 4 is 11.7 Å². The highest BCUT2D eigenvalue weighted by molar-refractivity contribution is 5.80. The molecule has 2 aliphatic carbocycles. The molecule has 0 radical (unpaired) electrons. The maximum Gasteiger partial charge on any atom is 0.322 e. The van der Waals surface area contributed by atoms with Crippen LogP contribution in [0.15, 0.2) is 47.9 Å². The van der Waals surface area contributed by atoms with Gasteiger partial charge in [0.05, 0.1) is 30.9 Å². The van der Waals surface area contributed by atoms with Crippen LogP contribution in [0.25, 0.3) is 0 Å². The smallest absolute Gasteiger partial charge is 0.322 e. The summed E-state index contributed by atoms with van der Waals surface area (Å²) >= 11 is 0. The molecule has 168 valence electrons. The summed E-state index contributed by atoms with van der Waals surface area (Å²) in [6.07, 6.45) is 8.39. The molecule has 3 N–H and O–H groups in total. The number of carbonyl (C=O) groups is 1. The zero-order valence-electron chi connectivity index (χ0n) is 18.6. The van der Waals surface area contributed by atoms with Crippen molar-refractivity contribution < 1.29 is 9.53 Å². The number of allylic oxidation sites excluding steroid dienone is 1. The number of benzene rings is 1. The molecule has 0 bridgehead atoms. The van der Waals surface area contributed by atoms with Gasteiger partial charge in [-0.05, 0) is 63.2 Å². The second-order valence-electron chi connectivity index (χ2n) is 9.41. The van der Waals surface area contributed by atoms with Crippen molar-refractivity contribution in [2.75, 3.05) is 18.6 Å². The number of nitrogens with one attached hydrogen (secondary N) is 3. The minimum absolute atomic E-state index is 0.0679. The number of rotatable bonds is 9. The average molecular weight is 435 g/mol. The predicted molar refractivity (Wildman–Crippen MR) is 122 cm³/mol. The minimum atomic E-state index is -0.405. The zero-order chi connectivity index (χ0) is 22.1. The Labute approximate surface area is 188 Å². The Bertz CT molecular complexity index is 1020. The van der Waals surface area contributed by atoms with Crippen molar-refractivity contribution in [1.29, 1.82) is 0 Å². The summed E-state index contributed by atoms with van der Waals surface area (Å²) in [7, 11) is 0. The number of nitrogens with zero attached hydrogens (tertiary/aromatic N) is 3. The van der Waals surface area contributed by atoms with Crippen molar-refractivity contribution in [3.63, 3.8) is 0 Å². The van der Waals surface area contributed by atoms with E-state index >= 15 is 0 Å². The van der Waals surface area contributed by atoms with Crippen LogP contribution in [0.3, 0.4) is 0 Å². The van der Waals surface area contributed by atoms with Crippen LogP contribution in [-0.4, -0.2) is 34.1 Å². The van der Waals surface area contributed by atoms with Crippen molar-refractivity contribution in [3.05, 3.63) is 59.3 Å². The standard InChI is InChI=1S/C24H30N6O2/c1-24(2,29-28-19-4-3-5-20(10-19)32-15-16-6-7-16)18-11-25-22(26-12-18)14-30-13-21(17-8-9-17)27-23(30)31/h3-5,10-12,16,28-29H,6-9,13-15H2,1-2H3,(H,27,31). The van der Waals surface area contributed by atoms with E-state index in [2.05, 4.69) is 40.0 Å². The molecule has 3 aliphatic rings. The first kappa shape index (κ1) is 20.8. The van der Waals surface area contributed by atoms with E-state index in [4.69, 9.17) is 4.74 Å². The van der Waals surface area contributed by atoms with E-state index < -0.39 is 5.54 Å². The van der Waals surface area contributed by atoms with Crippen LogP contribution in [0.4, 0.5) is 10.5 Å². The highest BCUT2D eigenvalue weighted by Gasteiger charge is 2.30. The van der Waals surface area contributed by atoms with Crippen LogP contribution >= 0.6 is 0 Å². The number of ether oxygens (including phenoxy) is 1. The molecule has 1 saturated heterocycles. The largest absolute Gasteiger partial charge is 0.493 e. The molecule has 2 saturated carbocycles. The van der Waals surface area contributed by atoms with Gasteiger partial charge in [-0.25, -0.2) is 20.2 Å². The van der Waals surface area contributed by atoms with E-state index in [1.165, 1.54) is 18.4 Å². The third-order valence-corrected chi connectivity index (χ3v) is 6.12. The molecule has 0 spiro atoms. The monoisotopic (exact) mass is 434 g/mol. The highest BCUT2D eigenvalue weighted by atomic mass is 16.5. The van der Waals surface area contributed by atoms with E-state index in [0.717, 1.165) is 48.1 Å². The van der Waals surface area contributed by atoms with E-state index in [0.29, 0.717) is 18.9 Å². The molecule has 1 aromatic heterocycles. The summed E-state index contributed by atoms with van der Waals surface area (Å²) < 4.78 is 5.86. The average Bonchev–Trinajstić information content (AvgIpc) is 3.71. The Kier molecular flexibility index (Phi) is 5.46. The van der Waals surface area contributed by atoms with E-state index in [-0.39, 0.29) is 6.03 Å². The molecule has 1 aromatic carbocycles. The van der Waals surface area contributed by atoms with Crippen molar-refractivity contribution in [1.82, 2.24) is 25.6 Å². The van der Waals surface area contributed by atoms with Gasteiger partial charge in [-0.3, -0.25) is 0 Å². The molecule has 2 aromatic rings. The lowest BCUT2D eigenvalue weighted by atomic mass is 9.98. The lowest BCUT2D eigenvalue weighted by Crippen LogP contribution is -2.40. The molecule has 0 atom stereocenters. The normalized spacial score (nSPS) is 18.1. The molecule has 8 nitrogen and oxygen atoms in total. The Morgan fingerprint density at radius 2 is 2.00 bits per heavy atom. The van der Waals surface area contributed by atoms with Crippen LogP contribution in [-0.2, 0) is 12.1 Å². The van der Waals surface area contributed by atoms with Crippen molar-refractivity contribution in [2.24, 2.45) is 5.92 Å². The van der Waals surface area contributed by atoms with Crippen LogP contribution in [0.5, 0.6) is 5.75 Å². The number of amides is 2. The molecule has 8 heteroatoms. The lowest BCUT2D eigenvalue weighted by molar-refractivity contribution is 0.214. The fourth-order valence-corrected chi connectivity index (χ4v) is 3.60. The van der Waals surface area contributed by atoms with Crippen LogP contribution in [0, 0.1) is 5.92 Å². The Morgan fingerprint density at radius 3 is 2.72 bits per heavy atom. The molecule has 0 unspecified atom stereocenters. The van der Waals surface area contributed by atoms with E-state index in [1.807, 2.05) is 36.7 Å². The van der Waals surface area contributed by atoms with Gasteiger partial charge in [-0.1, -0.05) is 6.07 Å². The number of aromatic nitrogens is 2. The summed E-state index contributed by atoms with van der Waals surface area (Å²) in [6, 6.07) is 7.89. The van der Waals surface area contributed by atoms with Gasteiger partial charge in [0.25, 0.3) is 0 Å². The molecule has 1 aliphatic heterocycles. The number of hydrogen-bond donors (Lipinski definition) is 3. The second-order valence-corrected chi connectivity index (χ2v) is 9.41. The SMILES string of the molecule is CC(C)(NNc1cccc(OCC2CC2)c1)c1cnc(CN2CC(=C3CC3)NC2=O)nc1. The first-order valence-corrected chi connectivity index (χ1v) is 11.3. The molecule has 32 heavy (non-hydrogen) atoms. The van der Waals surface area contributed by atoms with Gasteiger partial charge in [-0.2, -0.15) is 0 Å². The Hall–Kier alpha value is -3.13. The third-order valence-electron chi connectivity index (χ3n) is 6.12. The predicted octanol–water partition coefficient (Wildman–Crippen LogP) is 3.69. The Balaban J connectivity index is 1.16. The first-order valence-electron chi connectivity index (χ1n) is 11.3. The number of urea groups is 1. The second kappa shape index (κ2) is 8.43. The number of hydrogen-bond acceptors (Lipinski definition) is 6. The molecule has 2 heterocycles. The summed E-state index contributed by atoms with van der Waals surface area (Å²) in [5, 5.41) is 2.96. The summed E-state index contributed by atoms with van der Waals surface area (Å²) in [6.45, 7) is 5.95. The third kappa shape index (κ3) is 5.02. The topological polar surface area (TPSA) is 91.4 Å². The van der Waals surface area contributed by atoms with Crippen molar-refractivity contribution in [3.8, 4) is 5.75 Å². The van der Waals surface area contributed by atoms with Gasteiger partial charge in [0, 0.05) is 29.7 Å². The maximum absolute atomic E-state index is 12.2. The molecular formula is C24H30N6O2. The first-order chi connectivity index (χ1) is 15.5. The highest BCUT2D eigenvalue weighted by Crippen LogP contribution is 2.32. The van der Waals surface area contributed by atoms with Gasteiger partial charge < -0.3 is 20.4 Å². The van der Waals surface area contributed by atoms with Gasteiger partial charge in [-0.15, -0.1) is 0 Å². The fourth-order valence-electron chi connectivity index (χ4n) is 3.60. The summed E-state index contributed by atoms with van der Waals surface area (Å²) in [5.41, 5.74) is 10.5. The van der Waals surface area contributed by atoms with Crippen molar-refractivity contribution in [2.45, 2.75) is 51.6 Å². The summed E-state index contributed by atoms with van der Waals surface area (Å²) in [5.74, 6) is 2.24. The van der Waals surface area contributed by atoms with Gasteiger partial charge in [0.15, 0.2) is 0 Å². The van der Waals surface area contributed by atoms with E-state index in [1.54, 1.807) is 4.90 Å². The van der Waals surface area contributed by atoms with Gasteiger partial charge >= 0.3 is 6.03 Å². The summed E-state index contributed by atoms with van der Waals surface area (Å²) in [4.78, 5) is 22.9. The van der Waals surface area contributed by atoms with Crippen LogP contribution in [0.2, 0.25) is 0 Å². The molecule has 2 amide bonds. The quantitative estimate of drug-likeness (QED) is 0.522. The van der Waals surface area contributed by atoms with Gasteiger partial charge in [0.1, 0.15) is 11.6 Å². The number of hydrazine groups is 1. The van der Waals surface area contributed by atoms with Crippen LogP contribution < -0.4 is 20.9 Å². The maximum atomic E-state index is 12.2. The Morgan fingerprint density at radius 1 is 1.22 bits per heavy atom. The van der Waals surface area contributed by atoms with Gasteiger partial charge in [0.2, 0.25) is 0 Å². The number of anilines is 1.